The Hall–Kier alpha value is -3.08. The number of nitrogens with zero attached hydrogens (tertiary/aromatic N) is 3. The number of carbonyl (C=O) groups excluding carboxylic acids is 2. The fourth-order valence-corrected chi connectivity index (χ4v) is 5.99. The second-order valence-electron chi connectivity index (χ2n) is 10.3. The minimum atomic E-state index is -0.678. The molecular weight excluding hydrogens is 565 g/mol. The van der Waals surface area contributed by atoms with Crippen LogP contribution >= 0.6 is 23.2 Å². The van der Waals surface area contributed by atoms with Crippen molar-refractivity contribution in [2.75, 3.05) is 51.4 Å². The lowest BCUT2D eigenvalue weighted by atomic mass is 9.95. The van der Waals surface area contributed by atoms with Crippen molar-refractivity contribution in [2.24, 2.45) is 0 Å². The number of amides is 1. The van der Waals surface area contributed by atoms with E-state index in [1.807, 2.05) is 45.2 Å². The molecule has 3 aliphatic heterocycles. The van der Waals surface area contributed by atoms with E-state index in [1.165, 1.54) is 0 Å². The molecule has 0 aromatic heterocycles. The van der Waals surface area contributed by atoms with Crippen LogP contribution in [0.1, 0.15) is 31.7 Å². The average Bonchev–Trinajstić information content (AvgIpc) is 3.34. The molecule has 5 rings (SSSR count). The molecule has 2 aromatic rings. The summed E-state index contributed by atoms with van der Waals surface area (Å²) in [5.41, 5.74) is 10.8. The van der Waals surface area contributed by atoms with E-state index in [9.17, 15) is 9.59 Å². The Balaban J connectivity index is 1.57. The van der Waals surface area contributed by atoms with Crippen molar-refractivity contribution in [3.8, 4) is 5.75 Å². The van der Waals surface area contributed by atoms with Crippen molar-refractivity contribution < 1.29 is 19.1 Å². The zero-order chi connectivity index (χ0) is 28.9. The Morgan fingerprint density at radius 2 is 1.83 bits per heavy atom. The molecule has 1 saturated heterocycles. The molecule has 0 bridgehead atoms. The quantitative estimate of drug-likeness (QED) is 0.431. The number of piperidine rings is 1. The van der Waals surface area contributed by atoms with Crippen molar-refractivity contribution in [3.05, 3.63) is 74.9 Å². The van der Waals surface area contributed by atoms with Gasteiger partial charge in [0.05, 0.1) is 36.7 Å². The van der Waals surface area contributed by atoms with E-state index in [2.05, 4.69) is 16.9 Å². The lowest BCUT2D eigenvalue weighted by Crippen LogP contribution is -2.54. The van der Waals surface area contributed by atoms with E-state index in [0.29, 0.717) is 35.4 Å². The number of nitrogens with one attached hydrogen (secondary N) is 2. The molecule has 3 heterocycles. The lowest BCUT2D eigenvalue weighted by molar-refractivity contribution is -0.144. The molecule has 218 valence electrons. The standard InChI is InChI=1S/C30H35Cl2N5O4/c1-3-41-27(38)19-35-17-21(15-20-7-10-23(40-2)11-8-20)29-24(18-35)28(30(39)34-36-13-5-4-6-14-36)33-37(29)26-12-9-22(31)16-25(26)32/h7-12,15-16,28,33H,3-6,13-14,17-19H2,1-2H3,(H,34,39)/b21-15+. The lowest BCUT2D eigenvalue weighted by Gasteiger charge is -2.32. The molecule has 0 spiro atoms. The van der Waals surface area contributed by atoms with Crippen LogP contribution < -0.4 is 20.6 Å². The van der Waals surface area contributed by atoms with E-state index in [-0.39, 0.29) is 18.4 Å². The Labute approximate surface area is 250 Å². The van der Waals surface area contributed by atoms with Gasteiger partial charge in [0.1, 0.15) is 11.8 Å². The highest BCUT2D eigenvalue weighted by Crippen LogP contribution is 2.40. The Morgan fingerprint density at radius 3 is 2.51 bits per heavy atom. The van der Waals surface area contributed by atoms with Crippen molar-refractivity contribution in [2.45, 2.75) is 32.2 Å². The predicted octanol–water partition coefficient (Wildman–Crippen LogP) is 4.43. The summed E-state index contributed by atoms with van der Waals surface area (Å²) in [5, 5.41) is 4.83. The third-order valence-electron chi connectivity index (χ3n) is 7.38. The largest absolute Gasteiger partial charge is 0.497 e. The van der Waals surface area contributed by atoms with Crippen LogP contribution in [0.4, 0.5) is 5.69 Å². The van der Waals surface area contributed by atoms with Crippen LogP contribution in [0, 0.1) is 0 Å². The highest BCUT2D eigenvalue weighted by atomic mass is 35.5. The number of benzene rings is 2. The van der Waals surface area contributed by atoms with Gasteiger partial charge in [0.25, 0.3) is 5.91 Å². The topological polar surface area (TPSA) is 86.4 Å². The van der Waals surface area contributed by atoms with Gasteiger partial charge in [-0.1, -0.05) is 41.8 Å². The van der Waals surface area contributed by atoms with E-state index in [0.717, 1.165) is 60.5 Å². The summed E-state index contributed by atoms with van der Waals surface area (Å²) < 4.78 is 10.6. The average molecular weight is 601 g/mol. The van der Waals surface area contributed by atoms with Gasteiger partial charge in [-0.3, -0.25) is 24.9 Å². The summed E-state index contributed by atoms with van der Waals surface area (Å²) in [7, 11) is 1.63. The molecule has 3 aliphatic rings. The second-order valence-corrected chi connectivity index (χ2v) is 11.1. The molecule has 1 amide bonds. The van der Waals surface area contributed by atoms with Crippen LogP contribution in [0.5, 0.6) is 5.75 Å². The van der Waals surface area contributed by atoms with E-state index in [4.69, 9.17) is 32.7 Å². The predicted molar refractivity (Wildman–Crippen MR) is 161 cm³/mol. The minimum absolute atomic E-state index is 0.104. The molecule has 2 aromatic carbocycles. The number of methoxy groups -OCH3 is 1. The third kappa shape index (κ3) is 6.88. The van der Waals surface area contributed by atoms with Gasteiger partial charge in [-0.05, 0) is 72.9 Å². The number of hydrogen-bond donors (Lipinski definition) is 2. The van der Waals surface area contributed by atoms with Crippen molar-refractivity contribution >= 4 is 46.8 Å². The number of rotatable bonds is 8. The third-order valence-corrected chi connectivity index (χ3v) is 7.92. The molecule has 1 fully saturated rings. The van der Waals surface area contributed by atoms with Crippen LogP contribution in [-0.4, -0.2) is 74.3 Å². The summed E-state index contributed by atoms with van der Waals surface area (Å²) >= 11 is 12.9. The van der Waals surface area contributed by atoms with Gasteiger partial charge in [-0.25, -0.2) is 10.4 Å². The highest BCUT2D eigenvalue weighted by Gasteiger charge is 2.42. The summed E-state index contributed by atoms with van der Waals surface area (Å²) in [6.07, 6.45) is 5.31. The monoisotopic (exact) mass is 599 g/mol. The summed E-state index contributed by atoms with van der Waals surface area (Å²) in [4.78, 5) is 28.3. The fraction of sp³-hybridized carbons (Fsp3) is 0.400. The van der Waals surface area contributed by atoms with Gasteiger partial charge in [-0.2, -0.15) is 0 Å². The Bertz CT molecular complexity index is 1340. The number of ether oxygens (including phenoxy) is 2. The first-order chi connectivity index (χ1) is 19.9. The van der Waals surface area contributed by atoms with Gasteiger partial charge < -0.3 is 9.47 Å². The van der Waals surface area contributed by atoms with Crippen LogP contribution in [0.2, 0.25) is 10.0 Å². The van der Waals surface area contributed by atoms with Crippen molar-refractivity contribution in [3.63, 3.8) is 0 Å². The molecule has 0 aliphatic carbocycles. The molecule has 9 nitrogen and oxygen atoms in total. The first-order valence-corrected chi connectivity index (χ1v) is 14.6. The first-order valence-electron chi connectivity index (χ1n) is 13.9. The molecule has 1 unspecified atom stereocenters. The fourth-order valence-electron chi connectivity index (χ4n) is 5.49. The SMILES string of the molecule is CCOC(=O)CN1CC2=C(/C(=C/c3ccc(OC)cc3)C1)N(c1ccc(Cl)cc1Cl)NC2C(=O)NN1CCCCC1. The molecule has 0 radical (unpaired) electrons. The van der Waals surface area contributed by atoms with Gasteiger partial charge in [0, 0.05) is 31.2 Å². The number of halogens is 2. The van der Waals surface area contributed by atoms with E-state index < -0.39 is 6.04 Å². The van der Waals surface area contributed by atoms with E-state index >= 15 is 0 Å². The summed E-state index contributed by atoms with van der Waals surface area (Å²) in [6, 6.07) is 12.4. The normalized spacial score (nSPS) is 20.7. The smallest absolute Gasteiger partial charge is 0.320 e. The van der Waals surface area contributed by atoms with Crippen LogP contribution in [0.15, 0.2) is 59.3 Å². The number of hydrogen-bond acceptors (Lipinski definition) is 8. The Morgan fingerprint density at radius 1 is 1.07 bits per heavy atom. The molecule has 2 N–H and O–H groups in total. The van der Waals surface area contributed by atoms with E-state index in [1.54, 1.807) is 26.2 Å². The highest BCUT2D eigenvalue weighted by molar-refractivity contribution is 6.36. The minimum Gasteiger partial charge on any atom is -0.497 e. The second kappa shape index (κ2) is 13.3. The maximum Gasteiger partial charge on any atom is 0.320 e. The van der Waals surface area contributed by atoms with Gasteiger partial charge in [0.15, 0.2) is 0 Å². The number of anilines is 1. The molecule has 1 atom stereocenters. The molecule has 11 heteroatoms. The zero-order valence-corrected chi connectivity index (χ0v) is 24.8. The number of esters is 1. The van der Waals surface area contributed by atoms with Gasteiger partial charge in [-0.15, -0.1) is 0 Å². The first kappa shape index (κ1) is 29.4. The Kier molecular flexibility index (Phi) is 9.52. The maximum atomic E-state index is 13.8. The van der Waals surface area contributed by atoms with Crippen LogP contribution in [0.3, 0.4) is 0 Å². The molecule has 0 saturated carbocycles. The van der Waals surface area contributed by atoms with Gasteiger partial charge in [0.2, 0.25) is 0 Å². The molecule has 41 heavy (non-hydrogen) atoms. The zero-order valence-electron chi connectivity index (χ0n) is 23.3. The van der Waals surface area contributed by atoms with Gasteiger partial charge >= 0.3 is 5.97 Å². The van der Waals surface area contributed by atoms with Crippen LogP contribution in [0.25, 0.3) is 6.08 Å². The summed E-state index contributed by atoms with van der Waals surface area (Å²) in [5.74, 6) is 0.290. The number of carbonyl (C=O) groups is 2. The van der Waals surface area contributed by atoms with Crippen molar-refractivity contribution in [1.82, 2.24) is 20.8 Å². The summed E-state index contributed by atoms with van der Waals surface area (Å²) in [6.45, 7) is 4.70. The molecular formula is C30H35Cl2N5O4. The number of hydrazine groups is 2. The maximum absolute atomic E-state index is 13.8. The van der Waals surface area contributed by atoms with Crippen molar-refractivity contribution in [1.29, 1.82) is 0 Å². The van der Waals surface area contributed by atoms with Crippen LogP contribution in [-0.2, 0) is 14.3 Å².